The molecule has 4 aromatic rings. The van der Waals surface area contributed by atoms with Crippen LogP contribution in [-0.2, 0) is 13.2 Å². The fourth-order valence-corrected chi connectivity index (χ4v) is 3.42. The van der Waals surface area contributed by atoms with Crippen LogP contribution in [0.1, 0.15) is 33.1 Å². The number of hydrogen-bond donors (Lipinski definition) is 1. The van der Waals surface area contributed by atoms with Gasteiger partial charge in [-0.25, -0.2) is 4.68 Å². The second-order valence-electron chi connectivity index (χ2n) is 6.73. The van der Waals surface area contributed by atoms with Gasteiger partial charge in [0.05, 0.1) is 35.4 Å². The Labute approximate surface area is 177 Å². The molecule has 0 unspecified atom stereocenters. The minimum absolute atomic E-state index is 0.279. The van der Waals surface area contributed by atoms with Gasteiger partial charge >= 0.3 is 0 Å². The lowest BCUT2D eigenvalue weighted by Crippen LogP contribution is -2.15. The van der Waals surface area contributed by atoms with Gasteiger partial charge in [-0.3, -0.25) is 4.79 Å². The number of para-hydroxylation sites is 1. The van der Waals surface area contributed by atoms with Crippen LogP contribution in [0.5, 0.6) is 5.75 Å². The molecule has 0 aliphatic carbocycles. The molecule has 8 nitrogen and oxygen atoms in total. The zero-order chi connectivity index (χ0) is 20.9. The van der Waals surface area contributed by atoms with Gasteiger partial charge in [-0.2, -0.15) is 8.75 Å². The minimum atomic E-state index is -0.312. The van der Waals surface area contributed by atoms with E-state index in [-0.39, 0.29) is 11.6 Å². The molecule has 0 bridgehead atoms. The van der Waals surface area contributed by atoms with Gasteiger partial charge in [0.15, 0.2) is 5.69 Å². The second kappa shape index (κ2) is 8.83. The van der Waals surface area contributed by atoms with Gasteiger partial charge in [0.25, 0.3) is 5.91 Å². The van der Waals surface area contributed by atoms with Gasteiger partial charge in [-0.1, -0.05) is 35.5 Å². The smallest absolute Gasteiger partial charge is 0.278 e. The highest BCUT2D eigenvalue weighted by molar-refractivity contribution is 6.99. The Hall–Kier alpha value is -3.59. The average Bonchev–Trinajstić information content (AvgIpc) is 3.33. The van der Waals surface area contributed by atoms with Gasteiger partial charge in [0.1, 0.15) is 12.4 Å². The number of carbonyl (C=O) groups is 1. The summed E-state index contributed by atoms with van der Waals surface area (Å²) in [6.45, 7) is 4.55. The molecule has 0 aliphatic heterocycles. The number of aromatic nitrogens is 5. The first-order valence-corrected chi connectivity index (χ1v) is 10.1. The molecule has 152 valence electrons. The SMILES string of the molecule is Cc1nsnc1Cn1nnc(C(=O)Nc2cccc(COc3ccccc3)c2)c1C. The van der Waals surface area contributed by atoms with Crippen molar-refractivity contribution in [1.29, 1.82) is 0 Å². The Morgan fingerprint density at radius 3 is 2.70 bits per heavy atom. The Kier molecular flexibility index (Phi) is 5.80. The van der Waals surface area contributed by atoms with E-state index in [1.165, 1.54) is 0 Å². The van der Waals surface area contributed by atoms with Gasteiger partial charge in [0, 0.05) is 5.69 Å². The average molecular weight is 420 g/mol. The number of nitrogens with zero attached hydrogens (tertiary/aromatic N) is 5. The Balaban J connectivity index is 1.42. The third-order valence-electron chi connectivity index (χ3n) is 4.58. The van der Waals surface area contributed by atoms with Crippen molar-refractivity contribution in [3.8, 4) is 5.75 Å². The number of carbonyl (C=O) groups excluding carboxylic acids is 1. The molecule has 2 aromatic heterocycles. The van der Waals surface area contributed by atoms with Crippen molar-refractivity contribution in [2.75, 3.05) is 5.32 Å². The number of rotatable bonds is 7. The molecule has 2 heterocycles. The van der Waals surface area contributed by atoms with Crippen LogP contribution in [0.2, 0.25) is 0 Å². The molecule has 4 rings (SSSR count). The topological polar surface area (TPSA) is 94.8 Å². The summed E-state index contributed by atoms with van der Waals surface area (Å²) >= 11 is 1.16. The molecule has 1 amide bonds. The summed E-state index contributed by atoms with van der Waals surface area (Å²) < 4.78 is 15.8. The van der Waals surface area contributed by atoms with Crippen molar-refractivity contribution in [2.24, 2.45) is 0 Å². The number of aryl methyl sites for hydroxylation is 1. The van der Waals surface area contributed by atoms with Gasteiger partial charge in [-0.05, 0) is 43.7 Å². The predicted octanol–water partition coefficient (Wildman–Crippen LogP) is 3.63. The van der Waals surface area contributed by atoms with E-state index in [1.54, 1.807) is 4.68 Å². The summed E-state index contributed by atoms with van der Waals surface area (Å²) in [5.74, 6) is 0.484. The maximum absolute atomic E-state index is 12.7. The van der Waals surface area contributed by atoms with E-state index in [0.717, 1.165) is 34.4 Å². The fraction of sp³-hybridized carbons (Fsp3) is 0.190. The molecule has 0 fully saturated rings. The third kappa shape index (κ3) is 4.52. The van der Waals surface area contributed by atoms with Crippen LogP contribution >= 0.6 is 11.7 Å². The first kappa shape index (κ1) is 19.7. The van der Waals surface area contributed by atoms with Crippen molar-refractivity contribution in [3.63, 3.8) is 0 Å². The predicted molar refractivity (Wildman–Crippen MR) is 114 cm³/mol. The first-order valence-electron chi connectivity index (χ1n) is 9.36. The maximum atomic E-state index is 12.7. The van der Waals surface area contributed by atoms with Crippen LogP contribution < -0.4 is 10.1 Å². The summed E-state index contributed by atoms with van der Waals surface area (Å²) in [5, 5.41) is 11.0. The number of nitrogens with one attached hydrogen (secondary N) is 1. The summed E-state index contributed by atoms with van der Waals surface area (Å²) in [6.07, 6.45) is 0. The molecule has 0 atom stereocenters. The number of ether oxygens (including phenoxy) is 1. The monoisotopic (exact) mass is 420 g/mol. The number of hydrogen-bond acceptors (Lipinski definition) is 7. The second-order valence-corrected chi connectivity index (χ2v) is 7.26. The summed E-state index contributed by atoms with van der Waals surface area (Å²) in [6, 6.07) is 17.1. The lowest BCUT2D eigenvalue weighted by atomic mass is 10.2. The largest absolute Gasteiger partial charge is 0.489 e. The third-order valence-corrected chi connectivity index (χ3v) is 5.23. The molecule has 1 N–H and O–H groups in total. The molecule has 2 aromatic carbocycles. The highest BCUT2D eigenvalue weighted by Gasteiger charge is 2.18. The number of amides is 1. The molecular formula is C21H20N6O2S. The van der Waals surface area contributed by atoms with Crippen molar-refractivity contribution < 1.29 is 9.53 Å². The Bertz CT molecular complexity index is 1160. The van der Waals surface area contributed by atoms with Crippen LogP contribution in [0.15, 0.2) is 54.6 Å². The lowest BCUT2D eigenvalue weighted by Gasteiger charge is -2.09. The molecule has 0 saturated heterocycles. The number of anilines is 1. The first-order chi connectivity index (χ1) is 14.6. The fourth-order valence-electron chi connectivity index (χ4n) is 2.87. The van der Waals surface area contributed by atoms with Crippen LogP contribution in [0, 0.1) is 13.8 Å². The molecule has 30 heavy (non-hydrogen) atoms. The maximum Gasteiger partial charge on any atom is 0.278 e. The van der Waals surface area contributed by atoms with Crippen molar-refractivity contribution in [1.82, 2.24) is 23.7 Å². The number of benzene rings is 2. The quantitative estimate of drug-likeness (QED) is 0.491. The Morgan fingerprint density at radius 2 is 1.93 bits per heavy atom. The lowest BCUT2D eigenvalue weighted by molar-refractivity contribution is 0.102. The normalized spacial score (nSPS) is 10.7. The minimum Gasteiger partial charge on any atom is -0.489 e. The summed E-state index contributed by atoms with van der Waals surface area (Å²) in [7, 11) is 0. The molecule has 0 radical (unpaired) electrons. The van der Waals surface area contributed by atoms with E-state index >= 15 is 0 Å². The van der Waals surface area contributed by atoms with E-state index in [2.05, 4.69) is 24.4 Å². The highest BCUT2D eigenvalue weighted by atomic mass is 32.1. The van der Waals surface area contributed by atoms with E-state index in [1.807, 2.05) is 68.4 Å². The van der Waals surface area contributed by atoms with Gasteiger partial charge < -0.3 is 10.1 Å². The van der Waals surface area contributed by atoms with Crippen molar-refractivity contribution in [3.05, 3.63) is 82.9 Å². The van der Waals surface area contributed by atoms with Crippen molar-refractivity contribution in [2.45, 2.75) is 27.0 Å². The molecule has 9 heteroatoms. The zero-order valence-electron chi connectivity index (χ0n) is 16.6. The zero-order valence-corrected chi connectivity index (χ0v) is 17.4. The van der Waals surface area contributed by atoms with E-state index < -0.39 is 0 Å². The van der Waals surface area contributed by atoms with E-state index in [9.17, 15) is 4.79 Å². The summed E-state index contributed by atoms with van der Waals surface area (Å²) in [5.41, 5.74) is 4.25. The Morgan fingerprint density at radius 1 is 1.10 bits per heavy atom. The molecule has 0 saturated carbocycles. The van der Waals surface area contributed by atoms with Crippen LogP contribution in [0.4, 0.5) is 5.69 Å². The van der Waals surface area contributed by atoms with E-state index in [4.69, 9.17) is 4.74 Å². The molecular weight excluding hydrogens is 400 g/mol. The van der Waals surface area contributed by atoms with Gasteiger partial charge in [0.2, 0.25) is 0 Å². The van der Waals surface area contributed by atoms with Crippen LogP contribution in [0.3, 0.4) is 0 Å². The highest BCUT2D eigenvalue weighted by Crippen LogP contribution is 2.17. The molecule has 0 spiro atoms. The van der Waals surface area contributed by atoms with Crippen LogP contribution in [0.25, 0.3) is 0 Å². The summed E-state index contributed by atoms with van der Waals surface area (Å²) in [4.78, 5) is 12.7. The van der Waals surface area contributed by atoms with E-state index in [0.29, 0.717) is 24.5 Å². The van der Waals surface area contributed by atoms with Crippen LogP contribution in [-0.4, -0.2) is 29.6 Å². The van der Waals surface area contributed by atoms with Crippen molar-refractivity contribution >= 4 is 23.3 Å². The standard InChI is InChI=1S/C21H20N6O2S/c1-14-19(25-30-24-14)12-27-15(2)20(23-26-27)21(28)22-17-8-6-7-16(11-17)13-29-18-9-4-3-5-10-18/h3-11H,12-13H2,1-2H3,(H,22,28). The molecule has 0 aliphatic rings. The van der Waals surface area contributed by atoms with Gasteiger partial charge in [-0.15, -0.1) is 5.10 Å².